The van der Waals surface area contributed by atoms with Crippen LogP contribution in [0, 0.1) is 0 Å². The van der Waals surface area contributed by atoms with Crippen molar-refractivity contribution in [2.24, 2.45) is 0 Å². The molecule has 6 heteroatoms. The van der Waals surface area contributed by atoms with Crippen molar-refractivity contribution < 1.29 is 19.1 Å². The van der Waals surface area contributed by atoms with Gasteiger partial charge in [-0.05, 0) is 31.0 Å². The van der Waals surface area contributed by atoms with Crippen LogP contribution in [-0.2, 0) is 16.1 Å². The maximum absolute atomic E-state index is 12.4. The normalized spacial score (nSPS) is 20.2. The Kier molecular flexibility index (Phi) is 5.96. The van der Waals surface area contributed by atoms with Gasteiger partial charge in [-0.15, -0.1) is 11.3 Å². The summed E-state index contributed by atoms with van der Waals surface area (Å²) in [6.07, 6.45) is 0.645. The van der Waals surface area contributed by atoms with Crippen molar-refractivity contribution in [1.82, 2.24) is 5.32 Å². The first-order chi connectivity index (χ1) is 12.1. The highest BCUT2D eigenvalue weighted by Crippen LogP contribution is 2.19. The molecule has 3 rings (SSSR count). The van der Waals surface area contributed by atoms with Gasteiger partial charge in [0.15, 0.2) is 5.78 Å². The summed E-state index contributed by atoms with van der Waals surface area (Å²) >= 11 is 1.21. The zero-order valence-electron chi connectivity index (χ0n) is 14.1. The van der Waals surface area contributed by atoms with Crippen LogP contribution in [0.3, 0.4) is 0 Å². The maximum Gasteiger partial charge on any atom is 0.261 e. The van der Waals surface area contributed by atoms with E-state index in [0.29, 0.717) is 29.6 Å². The second kappa shape index (κ2) is 8.38. The summed E-state index contributed by atoms with van der Waals surface area (Å²) in [6.45, 7) is 3.05. The Morgan fingerprint density at radius 2 is 1.96 bits per heavy atom. The molecule has 0 aliphatic carbocycles. The third kappa shape index (κ3) is 4.75. The second-order valence-corrected chi connectivity index (χ2v) is 7.08. The molecule has 1 N–H and O–H groups in total. The molecular weight excluding hydrogens is 338 g/mol. The lowest BCUT2D eigenvalue weighted by molar-refractivity contribution is -0.0605. The molecular formula is C19H21NO4S. The lowest BCUT2D eigenvalue weighted by Gasteiger charge is -2.32. The fraction of sp³-hybridized carbons (Fsp3) is 0.368. The van der Waals surface area contributed by atoms with Crippen molar-refractivity contribution in [3.05, 3.63) is 57.8 Å². The summed E-state index contributed by atoms with van der Waals surface area (Å²) in [5.41, 5.74) is 1.10. The zero-order chi connectivity index (χ0) is 17.6. The van der Waals surface area contributed by atoms with Crippen LogP contribution in [0.25, 0.3) is 0 Å². The number of carbonyl (C=O) groups excluding carboxylic acids is 2. The number of hydrogen-bond acceptors (Lipinski definition) is 5. The fourth-order valence-electron chi connectivity index (χ4n) is 2.72. The van der Waals surface area contributed by atoms with Gasteiger partial charge in [0.2, 0.25) is 0 Å². The molecule has 0 saturated carbocycles. The monoisotopic (exact) mass is 359 g/mol. The number of thiophene rings is 1. The molecule has 1 aliphatic heterocycles. The summed E-state index contributed by atoms with van der Waals surface area (Å²) in [5.74, 6) is -0.226. The highest BCUT2D eigenvalue weighted by molar-refractivity contribution is 7.15. The standard InChI is InChI=1S/C19H21NO4S/c1-13(21)17-7-8-18(25-17)19(22)20-15-12-23-10-9-16(15)24-11-14-5-3-2-4-6-14/h2-8,15-16H,9-12H2,1H3,(H,20,22)/t15-,16+/m1/s1. The van der Waals surface area contributed by atoms with Crippen LogP contribution in [0.5, 0.6) is 0 Å². The molecule has 1 fully saturated rings. The second-order valence-electron chi connectivity index (χ2n) is 6.00. The Balaban J connectivity index is 1.60. The van der Waals surface area contributed by atoms with Gasteiger partial charge in [-0.2, -0.15) is 0 Å². The number of benzene rings is 1. The summed E-state index contributed by atoms with van der Waals surface area (Å²) in [5, 5.41) is 2.98. The lowest BCUT2D eigenvalue weighted by atomic mass is 10.1. The van der Waals surface area contributed by atoms with Gasteiger partial charge in [0.05, 0.1) is 35.1 Å². The summed E-state index contributed by atoms with van der Waals surface area (Å²) < 4.78 is 11.5. The molecule has 1 amide bonds. The van der Waals surface area contributed by atoms with Crippen molar-refractivity contribution in [3.8, 4) is 0 Å². The highest BCUT2D eigenvalue weighted by Gasteiger charge is 2.28. The largest absolute Gasteiger partial charge is 0.379 e. The Bertz CT molecular complexity index is 728. The molecule has 0 unspecified atom stereocenters. The van der Waals surface area contributed by atoms with Gasteiger partial charge in [0, 0.05) is 6.61 Å². The first-order valence-electron chi connectivity index (χ1n) is 8.28. The number of hydrogen-bond donors (Lipinski definition) is 1. The van der Waals surface area contributed by atoms with Gasteiger partial charge in [-0.1, -0.05) is 30.3 Å². The molecule has 0 spiro atoms. The Labute approximate surface area is 151 Å². The van der Waals surface area contributed by atoms with E-state index in [1.807, 2.05) is 30.3 Å². The summed E-state index contributed by atoms with van der Waals surface area (Å²) in [6, 6.07) is 13.1. The van der Waals surface area contributed by atoms with Crippen molar-refractivity contribution >= 4 is 23.0 Å². The van der Waals surface area contributed by atoms with Crippen LogP contribution >= 0.6 is 11.3 Å². The minimum absolute atomic E-state index is 0.0332. The van der Waals surface area contributed by atoms with E-state index in [9.17, 15) is 9.59 Å². The molecule has 1 aliphatic rings. The SMILES string of the molecule is CC(=O)c1ccc(C(=O)N[C@@H]2COCC[C@@H]2OCc2ccccc2)s1. The topological polar surface area (TPSA) is 64.6 Å². The summed E-state index contributed by atoms with van der Waals surface area (Å²) in [7, 11) is 0. The number of Topliss-reactive ketones (excluding diaryl/α,β-unsaturated/α-hetero) is 1. The van der Waals surface area contributed by atoms with Crippen LogP contribution in [-0.4, -0.2) is 37.0 Å². The van der Waals surface area contributed by atoms with Crippen molar-refractivity contribution in [3.63, 3.8) is 0 Å². The van der Waals surface area contributed by atoms with E-state index >= 15 is 0 Å². The van der Waals surface area contributed by atoms with Crippen molar-refractivity contribution in [2.45, 2.75) is 32.1 Å². The number of carbonyl (C=O) groups is 2. The van der Waals surface area contributed by atoms with E-state index in [0.717, 1.165) is 12.0 Å². The van der Waals surface area contributed by atoms with E-state index in [1.54, 1.807) is 12.1 Å². The zero-order valence-corrected chi connectivity index (χ0v) is 14.9. The highest BCUT2D eigenvalue weighted by atomic mass is 32.1. The molecule has 2 atom stereocenters. The molecule has 1 saturated heterocycles. The number of nitrogens with one attached hydrogen (secondary N) is 1. The molecule has 0 radical (unpaired) electrons. The summed E-state index contributed by atoms with van der Waals surface area (Å²) in [4.78, 5) is 24.9. The lowest BCUT2D eigenvalue weighted by Crippen LogP contribution is -2.50. The Morgan fingerprint density at radius 1 is 1.20 bits per heavy atom. The Morgan fingerprint density at radius 3 is 2.68 bits per heavy atom. The molecule has 2 heterocycles. The number of ether oxygens (including phenoxy) is 2. The average Bonchev–Trinajstić information content (AvgIpc) is 3.12. The fourth-order valence-corrected chi connectivity index (χ4v) is 3.52. The van der Waals surface area contributed by atoms with Crippen LogP contribution in [0.2, 0.25) is 0 Å². The van der Waals surface area contributed by atoms with Crippen molar-refractivity contribution in [2.75, 3.05) is 13.2 Å². The van der Waals surface area contributed by atoms with E-state index in [4.69, 9.17) is 9.47 Å². The van der Waals surface area contributed by atoms with Gasteiger partial charge in [0.25, 0.3) is 5.91 Å². The van der Waals surface area contributed by atoms with Crippen LogP contribution in [0.4, 0.5) is 0 Å². The molecule has 5 nitrogen and oxygen atoms in total. The number of ketones is 1. The van der Waals surface area contributed by atoms with Gasteiger partial charge < -0.3 is 14.8 Å². The minimum atomic E-state index is -0.201. The molecule has 1 aromatic heterocycles. The average molecular weight is 359 g/mol. The van der Waals surface area contributed by atoms with Gasteiger partial charge >= 0.3 is 0 Å². The van der Waals surface area contributed by atoms with E-state index in [2.05, 4.69) is 5.32 Å². The van der Waals surface area contributed by atoms with Crippen molar-refractivity contribution in [1.29, 1.82) is 0 Å². The predicted molar refractivity (Wildman–Crippen MR) is 96.0 cm³/mol. The predicted octanol–water partition coefficient (Wildman–Crippen LogP) is 3.05. The van der Waals surface area contributed by atoms with E-state index in [1.165, 1.54) is 18.3 Å². The van der Waals surface area contributed by atoms with E-state index < -0.39 is 0 Å². The minimum Gasteiger partial charge on any atom is -0.379 e. The first-order valence-corrected chi connectivity index (χ1v) is 9.10. The third-order valence-electron chi connectivity index (χ3n) is 4.09. The number of rotatable bonds is 6. The van der Waals surface area contributed by atoms with Gasteiger partial charge in [-0.25, -0.2) is 0 Å². The van der Waals surface area contributed by atoms with Crippen LogP contribution in [0.1, 0.15) is 38.3 Å². The molecule has 1 aromatic carbocycles. The number of amides is 1. The van der Waals surface area contributed by atoms with Crippen LogP contribution in [0.15, 0.2) is 42.5 Å². The molecule has 25 heavy (non-hydrogen) atoms. The first kappa shape index (κ1) is 17.8. The quantitative estimate of drug-likeness (QED) is 0.805. The Hall–Kier alpha value is -2.02. The van der Waals surface area contributed by atoms with Gasteiger partial charge in [0.1, 0.15) is 0 Å². The molecule has 0 bridgehead atoms. The van der Waals surface area contributed by atoms with Gasteiger partial charge in [-0.3, -0.25) is 9.59 Å². The smallest absolute Gasteiger partial charge is 0.261 e. The van der Waals surface area contributed by atoms with E-state index in [-0.39, 0.29) is 23.8 Å². The maximum atomic E-state index is 12.4. The van der Waals surface area contributed by atoms with Crippen LogP contribution < -0.4 is 5.32 Å². The molecule has 2 aromatic rings. The third-order valence-corrected chi connectivity index (χ3v) is 5.28. The molecule has 132 valence electrons.